The van der Waals surface area contributed by atoms with E-state index >= 15 is 0 Å². The van der Waals surface area contributed by atoms with E-state index in [-0.39, 0.29) is 57.3 Å². The standard InChI is InChI=1S/C22H31FN4O7S/c23-17-3-1-2-4-18(17)25-8-10-26(11-9-25)35(32,33)15-22(20(28)24-31)6-7-27(21(29)30)19(13-22)16-5-12-34-14-16/h1-4,16,19,31H,5-15H2,(H,24,28)(H,29,30)/t16-,19?,22?/m1/s1. The Kier molecular flexibility index (Phi) is 7.50. The van der Waals surface area contributed by atoms with Crippen molar-refractivity contribution >= 4 is 27.7 Å². The van der Waals surface area contributed by atoms with E-state index in [4.69, 9.17) is 4.74 Å². The van der Waals surface area contributed by atoms with Gasteiger partial charge in [-0.25, -0.2) is 23.1 Å². The number of hydrogen-bond donors (Lipinski definition) is 3. The fraction of sp³-hybridized carbons (Fsp3) is 0.636. The minimum atomic E-state index is -3.95. The molecular formula is C22H31FN4O7S. The Balaban J connectivity index is 1.51. The van der Waals surface area contributed by atoms with Crippen LogP contribution in [0, 0.1) is 17.2 Å². The SMILES string of the molecule is O=C(O)N1CCC(CS(=O)(=O)N2CCN(c3ccccc3F)CC2)(C(=O)NO)CC1[C@@H]1CCOC1. The zero-order chi connectivity index (χ0) is 25.2. The highest BCUT2D eigenvalue weighted by Gasteiger charge is 2.52. The lowest BCUT2D eigenvalue weighted by atomic mass is 9.73. The molecule has 1 aromatic carbocycles. The van der Waals surface area contributed by atoms with E-state index in [1.807, 2.05) is 0 Å². The van der Waals surface area contributed by atoms with Crippen LogP contribution < -0.4 is 10.4 Å². The lowest BCUT2D eigenvalue weighted by Crippen LogP contribution is -2.60. The molecule has 11 nitrogen and oxygen atoms in total. The van der Waals surface area contributed by atoms with Gasteiger partial charge in [0.05, 0.1) is 23.5 Å². The van der Waals surface area contributed by atoms with Gasteiger partial charge < -0.3 is 19.6 Å². The van der Waals surface area contributed by atoms with E-state index < -0.39 is 39.2 Å². The van der Waals surface area contributed by atoms with Crippen LogP contribution in [0.5, 0.6) is 0 Å². The molecule has 3 saturated heterocycles. The normalized spacial score (nSPS) is 28.2. The lowest BCUT2D eigenvalue weighted by Gasteiger charge is -2.46. The average molecular weight is 515 g/mol. The number of benzene rings is 1. The summed E-state index contributed by atoms with van der Waals surface area (Å²) in [6, 6.07) is 5.70. The number of halogens is 1. The molecule has 194 valence electrons. The number of carbonyl (C=O) groups is 2. The summed E-state index contributed by atoms with van der Waals surface area (Å²) >= 11 is 0. The third-order valence-electron chi connectivity index (χ3n) is 7.45. The van der Waals surface area contributed by atoms with E-state index in [1.165, 1.54) is 15.3 Å². The maximum absolute atomic E-state index is 14.1. The fourth-order valence-corrected chi connectivity index (χ4v) is 7.50. The van der Waals surface area contributed by atoms with Gasteiger partial charge in [-0.3, -0.25) is 10.0 Å². The molecule has 3 N–H and O–H groups in total. The van der Waals surface area contributed by atoms with Crippen LogP contribution in [0.3, 0.4) is 0 Å². The summed E-state index contributed by atoms with van der Waals surface area (Å²) in [5.41, 5.74) is 0.537. The first-order chi connectivity index (χ1) is 16.7. The first-order valence-corrected chi connectivity index (χ1v) is 13.3. The van der Waals surface area contributed by atoms with Crippen molar-refractivity contribution in [2.24, 2.45) is 11.3 Å². The van der Waals surface area contributed by atoms with E-state index in [0.29, 0.717) is 25.3 Å². The number of carboxylic acid groups (broad SMARTS) is 1. The highest BCUT2D eigenvalue weighted by molar-refractivity contribution is 7.89. The maximum atomic E-state index is 14.1. The molecule has 0 bridgehead atoms. The summed E-state index contributed by atoms with van der Waals surface area (Å²) < 4.78 is 47.8. The smallest absolute Gasteiger partial charge is 0.407 e. The van der Waals surface area contributed by atoms with Gasteiger partial charge in [-0.1, -0.05) is 12.1 Å². The molecule has 2 amide bonds. The van der Waals surface area contributed by atoms with Gasteiger partial charge in [-0.2, -0.15) is 4.31 Å². The van der Waals surface area contributed by atoms with Gasteiger partial charge in [0.1, 0.15) is 5.82 Å². The summed E-state index contributed by atoms with van der Waals surface area (Å²) in [5, 5.41) is 19.2. The second-order valence-corrected chi connectivity index (χ2v) is 11.4. The van der Waals surface area contributed by atoms with Gasteiger partial charge in [-0.15, -0.1) is 0 Å². The number of amides is 2. The predicted molar refractivity (Wildman–Crippen MR) is 123 cm³/mol. The van der Waals surface area contributed by atoms with Crippen LogP contribution in [-0.2, 0) is 19.6 Å². The van der Waals surface area contributed by atoms with Gasteiger partial charge >= 0.3 is 6.09 Å². The molecular weight excluding hydrogens is 483 g/mol. The van der Waals surface area contributed by atoms with E-state index in [2.05, 4.69) is 0 Å². The van der Waals surface area contributed by atoms with Crippen molar-refractivity contribution in [1.82, 2.24) is 14.7 Å². The van der Waals surface area contributed by atoms with Crippen LogP contribution in [0.1, 0.15) is 19.3 Å². The number of piperazine rings is 1. The van der Waals surface area contributed by atoms with Crippen molar-refractivity contribution in [2.75, 3.05) is 56.6 Å². The Morgan fingerprint density at radius 2 is 1.89 bits per heavy atom. The minimum Gasteiger partial charge on any atom is -0.465 e. The highest BCUT2D eigenvalue weighted by atomic mass is 32.2. The van der Waals surface area contributed by atoms with E-state index in [1.54, 1.807) is 28.6 Å². The second kappa shape index (κ2) is 10.2. The van der Waals surface area contributed by atoms with E-state index in [9.17, 15) is 32.7 Å². The zero-order valence-electron chi connectivity index (χ0n) is 19.3. The number of para-hydroxylation sites is 1. The monoisotopic (exact) mass is 514 g/mol. The number of nitrogens with one attached hydrogen (secondary N) is 1. The summed E-state index contributed by atoms with van der Waals surface area (Å²) in [6.45, 7) is 1.58. The third-order valence-corrected chi connectivity index (χ3v) is 9.52. The van der Waals surface area contributed by atoms with Crippen LogP contribution in [0.2, 0.25) is 0 Å². The first kappa shape index (κ1) is 25.6. The maximum Gasteiger partial charge on any atom is 0.407 e. The Bertz CT molecular complexity index is 1040. The molecule has 4 rings (SSSR count). The Labute approximate surface area is 203 Å². The summed E-state index contributed by atoms with van der Waals surface area (Å²) in [4.78, 5) is 27.8. The number of likely N-dealkylation sites (tertiary alicyclic amines) is 1. The number of nitrogens with zero attached hydrogens (tertiary/aromatic N) is 3. The molecule has 13 heteroatoms. The lowest BCUT2D eigenvalue weighted by molar-refractivity contribution is -0.143. The number of piperidine rings is 1. The van der Waals surface area contributed by atoms with Crippen molar-refractivity contribution in [2.45, 2.75) is 25.3 Å². The van der Waals surface area contributed by atoms with Crippen LogP contribution >= 0.6 is 0 Å². The molecule has 0 radical (unpaired) electrons. The van der Waals surface area contributed by atoms with Gasteiger partial charge in [0.2, 0.25) is 10.0 Å². The molecule has 0 saturated carbocycles. The molecule has 0 aromatic heterocycles. The largest absolute Gasteiger partial charge is 0.465 e. The third kappa shape index (κ3) is 5.22. The van der Waals surface area contributed by atoms with Crippen LogP contribution in [-0.4, -0.2) is 97.7 Å². The second-order valence-electron chi connectivity index (χ2n) is 9.44. The number of carbonyl (C=O) groups excluding carboxylic acids is 1. The van der Waals surface area contributed by atoms with Gasteiger partial charge in [0.25, 0.3) is 5.91 Å². The Morgan fingerprint density at radius 3 is 2.49 bits per heavy atom. The molecule has 1 aromatic rings. The molecule has 0 aliphatic carbocycles. The molecule has 35 heavy (non-hydrogen) atoms. The van der Waals surface area contributed by atoms with Gasteiger partial charge in [0.15, 0.2) is 0 Å². The Hall–Kier alpha value is -2.48. The molecule has 2 unspecified atom stereocenters. The highest BCUT2D eigenvalue weighted by Crippen LogP contribution is 2.41. The number of anilines is 1. The molecule has 3 aliphatic rings. The molecule has 3 atom stereocenters. The molecule has 0 spiro atoms. The predicted octanol–water partition coefficient (Wildman–Crippen LogP) is 0.948. The number of ether oxygens (including phenoxy) is 1. The Morgan fingerprint density at radius 1 is 1.17 bits per heavy atom. The molecule has 3 fully saturated rings. The van der Waals surface area contributed by atoms with Crippen molar-refractivity contribution < 1.29 is 37.4 Å². The summed E-state index contributed by atoms with van der Waals surface area (Å²) in [7, 11) is -3.95. The quantitative estimate of drug-likeness (QED) is 0.377. The van der Waals surface area contributed by atoms with Crippen molar-refractivity contribution in [3.05, 3.63) is 30.1 Å². The topological polar surface area (TPSA) is 140 Å². The van der Waals surface area contributed by atoms with Gasteiger partial charge in [-0.05, 0) is 31.4 Å². The number of hydroxylamine groups is 1. The van der Waals surface area contributed by atoms with Crippen LogP contribution in [0.4, 0.5) is 14.9 Å². The van der Waals surface area contributed by atoms with Crippen molar-refractivity contribution in [3.8, 4) is 0 Å². The summed E-state index contributed by atoms with van der Waals surface area (Å²) in [6.07, 6.45) is -0.596. The van der Waals surface area contributed by atoms with Gasteiger partial charge in [0, 0.05) is 51.3 Å². The number of rotatable bonds is 6. The average Bonchev–Trinajstić information content (AvgIpc) is 3.38. The first-order valence-electron chi connectivity index (χ1n) is 11.7. The van der Waals surface area contributed by atoms with Crippen molar-refractivity contribution in [1.29, 1.82) is 0 Å². The van der Waals surface area contributed by atoms with Crippen LogP contribution in [0.25, 0.3) is 0 Å². The van der Waals surface area contributed by atoms with E-state index in [0.717, 1.165) is 0 Å². The minimum absolute atomic E-state index is 0.0273. The van der Waals surface area contributed by atoms with Crippen LogP contribution in [0.15, 0.2) is 24.3 Å². The summed E-state index contributed by atoms with van der Waals surface area (Å²) in [5.74, 6) is -1.93. The molecule has 3 aliphatic heterocycles. The zero-order valence-corrected chi connectivity index (χ0v) is 20.1. The fourth-order valence-electron chi connectivity index (χ4n) is 5.50. The molecule has 3 heterocycles. The number of sulfonamides is 1. The van der Waals surface area contributed by atoms with Crippen molar-refractivity contribution in [3.63, 3.8) is 0 Å². The number of hydrogen-bond acceptors (Lipinski definition) is 7.